The van der Waals surface area contributed by atoms with Gasteiger partial charge < -0.3 is 11.1 Å². The molecule has 16 heavy (non-hydrogen) atoms. The molecule has 0 aliphatic carbocycles. The highest BCUT2D eigenvalue weighted by Gasteiger charge is 2.24. The molecule has 90 valence electrons. The molecule has 1 unspecified atom stereocenters. The maximum Gasteiger partial charge on any atom is 0.234 e. The van der Waals surface area contributed by atoms with E-state index >= 15 is 0 Å². The van der Waals surface area contributed by atoms with Crippen LogP contribution in [0.1, 0.15) is 12.8 Å². The van der Waals surface area contributed by atoms with Gasteiger partial charge in [-0.3, -0.25) is 14.5 Å². The van der Waals surface area contributed by atoms with Gasteiger partial charge in [-0.2, -0.15) is 0 Å². The first kappa shape index (κ1) is 12.7. The molecule has 0 radical (unpaired) electrons. The molecule has 0 saturated carbocycles. The quantitative estimate of drug-likeness (QED) is 0.619. The van der Waals surface area contributed by atoms with Crippen LogP contribution in [0.2, 0.25) is 0 Å². The zero-order valence-corrected chi connectivity index (χ0v) is 9.45. The lowest BCUT2D eigenvalue weighted by atomic mass is 9.97. The fraction of sp³-hybridized carbons (Fsp3) is 0.636. The van der Waals surface area contributed by atoms with Crippen molar-refractivity contribution in [1.82, 2.24) is 10.2 Å². The van der Waals surface area contributed by atoms with Gasteiger partial charge in [0.05, 0.1) is 12.5 Å². The predicted molar refractivity (Wildman–Crippen MR) is 61.6 cm³/mol. The van der Waals surface area contributed by atoms with Crippen molar-refractivity contribution in [3.05, 3.63) is 12.7 Å². The molecular weight excluding hydrogens is 206 g/mol. The minimum Gasteiger partial charge on any atom is -0.369 e. The second kappa shape index (κ2) is 6.27. The van der Waals surface area contributed by atoms with Crippen molar-refractivity contribution in [1.29, 1.82) is 0 Å². The van der Waals surface area contributed by atoms with Crippen LogP contribution >= 0.6 is 0 Å². The summed E-state index contributed by atoms with van der Waals surface area (Å²) in [4.78, 5) is 24.4. The topological polar surface area (TPSA) is 75.4 Å². The maximum absolute atomic E-state index is 11.4. The Hall–Kier alpha value is -1.36. The smallest absolute Gasteiger partial charge is 0.234 e. The van der Waals surface area contributed by atoms with Crippen LogP contribution in [0, 0.1) is 5.92 Å². The third-order valence-corrected chi connectivity index (χ3v) is 2.72. The maximum atomic E-state index is 11.4. The Morgan fingerprint density at radius 2 is 2.31 bits per heavy atom. The first-order chi connectivity index (χ1) is 7.63. The Morgan fingerprint density at radius 1 is 1.56 bits per heavy atom. The predicted octanol–water partition coefficient (Wildman–Crippen LogP) is -0.514. The van der Waals surface area contributed by atoms with Crippen LogP contribution in [0.5, 0.6) is 0 Å². The summed E-state index contributed by atoms with van der Waals surface area (Å²) in [7, 11) is 0. The molecule has 0 aromatic rings. The zero-order valence-electron chi connectivity index (χ0n) is 9.45. The van der Waals surface area contributed by atoms with Crippen LogP contribution in [0.15, 0.2) is 12.7 Å². The number of nitrogens with one attached hydrogen (secondary N) is 1. The molecule has 1 saturated heterocycles. The highest BCUT2D eigenvalue weighted by Crippen LogP contribution is 2.15. The second-order valence-corrected chi connectivity index (χ2v) is 4.07. The third kappa shape index (κ3) is 4.02. The van der Waals surface area contributed by atoms with E-state index in [9.17, 15) is 9.59 Å². The molecule has 3 N–H and O–H groups in total. The largest absolute Gasteiger partial charge is 0.369 e. The summed E-state index contributed by atoms with van der Waals surface area (Å²) in [5.74, 6) is -0.415. The van der Waals surface area contributed by atoms with Crippen molar-refractivity contribution >= 4 is 11.8 Å². The number of nitrogens with two attached hydrogens (primary N) is 1. The molecule has 0 spiro atoms. The van der Waals surface area contributed by atoms with Crippen LogP contribution in [-0.2, 0) is 9.59 Å². The van der Waals surface area contributed by atoms with Crippen LogP contribution in [0.25, 0.3) is 0 Å². The van der Waals surface area contributed by atoms with E-state index in [-0.39, 0.29) is 17.7 Å². The summed E-state index contributed by atoms with van der Waals surface area (Å²) in [5.41, 5.74) is 5.26. The van der Waals surface area contributed by atoms with Gasteiger partial charge >= 0.3 is 0 Å². The number of piperidine rings is 1. The number of primary amides is 1. The molecular formula is C11H19N3O2. The number of nitrogens with zero attached hydrogens (tertiary/aromatic N) is 1. The van der Waals surface area contributed by atoms with E-state index in [4.69, 9.17) is 5.73 Å². The second-order valence-electron chi connectivity index (χ2n) is 4.07. The van der Waals surface area contributed by atoms with Crippen molar-refractivity contribution in [3.8, 4) is 0 Å². The monoisotopic (exact) mass is 225 g/mol. The fourth-order valence-corrected chi connectivity index (χ4v) is 1.88. The van der Waals surface area contributed by atoms with Gasteiger partial charge in [-0.25, -0.2) is 0 Å². The van der Waals surface area contributed by atoms with Crippen LogP contribution in [-0.4, -0.2) is 42.9 Å². The molecule has 0 aromatic carbocycles. The third-order valence-electron chi connectivity index (χ3n) is 2.72. The number of hydrogen-bond acceptors (Lipinski definition) is 3. The van der Waals surface area contributed by atoms with Gasteiger partial charge in [-0.15, -0.1) is 6.58 Å². The molecule has 1 rings (SSSR count). The van der Waals surface area contributed by atoms with Crippen LogP contribution in [0.3, 0.4) is 0 Å². The number of rotatable bonds is 5. The Balaban J connectivity index is 2.33. The summed E-state index contributed by atoms with van der Waals surface area (Å²) >= 11 is 0. The van der Waals surface area contributed by atoms with Crippen LogP contribution in [0.4, 0.5) is 0 Å². The van der Waals surface area contributed by atoms with E-state index in [2.05, 4.69) is 11.9 Å². The Labute approximate surface area is 95.7 Å². The van der Waals surface area contributed by atoms with Crippen molar-refractivity contribution in [2.45, 2.75) is 12.8 Å². The Kier molecular flexibility index (Phi) is 4.98. The number of carbonyl (C=O) groups excluding carboxylic acids is 2. The molecule has 2 amide bonds. The minimum atomic E-state index is -0.267. The summed E-state index contributed by atoms with van der Waals surface area (Å²) in [6.45, 7) is 5.78. The first-order valence-electron chi connectivity index (χ1n) is 5.52. The van der Waals surface area contributed by atoms with Crippen LogP contribution < -0.4 is 11.1 Å². The van der Waals surface area contributed by atoms with Gasteiger partial charge in [0.15, 0.2) is 0 Å². The van der Waals surface area contributed by atoms with E-state index in [0.29, 0.717) is 19.6 Å². The molecule has 5 nitrogen and oxygen atoms in total. The average Bonchev–Trinajstić information content (AvgIpc) is 2.26. The number of carbonyl (C=O) groups is 2. The minimum absolute atomic E-state index is 0.0370. The zero-order chi connectivity index (χ0) is 12.0. The first-order valence-corrected chi connectivity index (χ1v) is 5.52. The highest BCUT2D eigenvalue weighted by atomic mass is 16.2. The van der Waals surface area contributed by atoms with E-state index in [0.717, 1.165) is 19.4 Å². The van der Waals surface area contributed by atoms with E-state index in [1.807, 2.05) is 4.90 Å². The fourth-order valence-electron chi connectivity index (χ4n) is 1.88. The van der Waals surface area contributed by atoms with Gasteiger partial charge in [0.25, 0.3) is 0 Å². The summed E-state index contributed by atoms with van der Waals surface area (Å²) in [5, 5.41) is 2.71. The molecule has 5 heteroatoms. The number of amides is 2. The molecule has 0 bridgehead atoms. The van der Waals surface area contributed by atoms with E-state index in [1.54, 1.807) is 6.08 Å². The Morgan fingerprint density at radius 3 is 2.94 bits per heavy atom. The van der Waals surface area contributed by atoms with Crippen molar-refractivity contribution in [3.63, 3.8) is 0 Å². The van der Waals surface area contributed by atoms with E-state index < -0.39 is 0 Å². The SMILES string of the molecule is C=CCNC(=O)CN1CCCC(C(N)=O)C1. The lowest BCUT2D eigenvalue weighted by Gasteiger charge is -2.30. The molecule has 1 atom stereocenters. The molecule has 0 aromatic heterocycles. The van der Waals surface area contributed by atoms with Crippen molar-refractivity contribution < 1.29 is 9.59 Å². The number of likely N-dealkylation sites (tertiary alicyclic amines) is 1. The molecule has 1 heterocycles. The van der Waals surface area contributed by atoms with Gasteiger partial charge in [0.2, 0.25) is 11.8 Å². The van der Waals surface area contributed by atoms with Gasteiger partial charge in [0, 0.05) is 13.1 Å². The Bertz CT molecular complexity index is 278. The average molecular weight is 225 g/mol. The van der Waals surface area contributed by atoms with Crippen molar-refractivity contribution in [2.75, 3.05) is 26.2 Å². The van der Waals surface area contributed by atoms with Gasteiger partial charge in [0.1, 0.15) is 0 Å². The number of hydrogen-bond donors (Lipinski definition) is 2. The van der Waals surface area contributed by atoms with Gasteiger partial charge in [-0.05, 0) is 19.4 Å². The summed E-state index contributed by atoms with van der Waals surface area (Å²) in [6, 6.07) is 0. The standard InChI is InChI=1S/C11H19N3O2/c1-2-5-13-10(15)8-14-6-3-4-9(7-14)11(12)16/h2,9H,1,3-8H2,(H2,12,16)(H,13,15). The lowest BCUT2D eigenvalue weighted by molar-refractivity contribution is -0.126. The normalized spacial score (nSPS) is 21.4. The van der Waals surface area contributed by atoms with E-state index in [1.165, 1.54) is 0 Å². The molecule has 1 aliphatic heterocycles. The highest BCUT2D eigenvalue weighted by molar-refractivity contribution is 5.79. The summed E-state index contributed by atoms with van der Waals surface area (Å²) < 4.78 is 0. The lowest BCUT2D eigenvalue weighted by Crippen LogP contribution is -2.45. The molecule has 1 fully saturated rings. The summed E-state index contributed by atoms with van der Waals surface area (Å²) in [6.07, 6.45) is 3.39. The van der Waals surface area contributed by atoms with Crippen molar-refractivity contribution in [2.24, 2.45) is 11.7 Å². The molecule has 1 aliphatic rings. The van der Waals surface area contributed by atoms with Gasteiger partial charge in [-0.1, -0.05) is 6.08 Å².